The van der Waals surface area contributed by atoms with Crippen LogP contribution in [0.25, 0.3) is 0 Å². The summed E-state index contributed by atoms with van der Waals surface area (Å²) in [5.74, 6) is -0.948. The maximum absolute atomic E-state index is 13.3. The van der Waals surface area contributed by atoms with E-state index in [0.717, 1.165) is 25.7 Å². The molecule has 1 amide bonds. The molecule has 0 aromatic heterocycles. The Morgan fingerprint density at radius 3 is 2.68 bits per heavy atom. The topological polar surface area (TPSA) is 46.6 Å². The molecule has 0 atom stereocenters. The number of carbonyl (C=O) groups excluding carboxylic acids is 2. The van der Waals surface area contributed by atoms with E-state index >= 15 is 0 Å². The quantitative estimate of drug-likeness (QED) is 0.758. The molecule has 0 N–H and O–H groups in total. The van der Waals surface area contributed by atoms with Gasteiger partial charge in [-0.2, -0.15) is 0 Å². The zero-order chi connectivity index (χ0) is 15.9. The van der Waals surface area contributed by atoms with Crippen LogP contribution in [0.4, 0.5) is 4.39 Å². The van der Waals surface area contributed by atoms with Gasteiger partial charge in [0.25, 0.3) is 5.91 Å². The molecule has 22 heavy (non-hydrogen) atoms. The van der Waals surface area contributed by atoms with Gasteiger partial charge in [0.05, 0.1) is 13.0 Å². The molecule has 1 fully saturated rings. The third-order valence-corrected chi connectivity index (χ3v) is 3.96. The average molecular weight is 307 g/mol. The number of hydrogen-bond donors (Lipinski definition) is 0. The second-order valence-electron chi connectivity index (χ2n) is 5.50. The van der Waals surface area contributed by atoms with E-state index in [2.05, 4.69) is 0 Å². The Bertz CT molecular complexity index is 526. The van der Waals surface area contributed by atoms with Crippen molar-refractivity contribution in [2.75, 3.05) is 13.2 Å². The van der Waals surface area contributed by atoms with Crippen LogP contribution >= 0.6 is 0 Å². The minimum atomic E-state index is -0.428. The van der Waals surface area contributed by atoms with Crippen LogP contribution in [-0.2, 0) is 9.53 Å². The van der Waals surface area contributed by atoms with Crippen molar-refractivity contribution in [2.24, 2.45) is 0 Å². The van der Waals surface area contributed by atoms with E-state index in [0.29, 0.717) is 18.7 Å². The van der Waals surface area contributed by atoms with Crippen LogP contribution in [0.5, 0.6) is 0 Å². The summed E-state index contributed by atoms with van der Waals surface area (Å²) in [6.45, 7) is 2.41. The van der Waals surface area contributed by atoms with Gasteiger partial charge in [-0.15, -0.1) is 0 Å². The first kappa shape index (κ1) is 16.5. The zero-order valence-electron chi connectivity index (χ0n) is 12.9. The number of nitrogens with zero attached hydrogens (tertiary/aromatic N) is 1. The monoisotopic (exact) mass is 307 g/mol. The Kier molecular flexibility index (Phi) is 5.92. The predicted octanol–water partition coefficient (Wildman–Crippen LogP) is 3.16. The lowest BCUT2D eigenvalue weighted by atomic mass is 10.1. The first-order chi connectivity index (χ1) is 10.6. The minimum Gasteiger partial charge on any atom is -0.466 e. The molecule has 1 saturated carbocycles. The van der Waals surface area contributed by atoms with Crippen molar-refractivity contribution in [1.82, 2.24) is 4.90 Å². The maximum atomic E-state index is 13.3. The summed E-state index contributed by atoms with van der Waals surface area (Å²) in [4.78, 5) is 25.9. The SMILES string of the molecule is CCOC(=O)CCN(C(=O)c1cccc(F)c1)C1CCCC1. The van der Waals surface area contributed by atoms with Crippen molar-refractivity contribution in [3.8, 4) is 0 Å². The Morgan fingerprint density at radius 1 is 1.32 bits per heavy atom. The van der Waals surface area contributed by atoms with Crippen molar-refractivity contribution >= 4 is 11.9 Å². The van der Waals surface area contributed by atoms with E-state index in [1.807, 2.05) is 0 Å². The molecule has 0 unspecified atom stereocenters. The van der Waals surface area contributed by atoms with Crippen molar-refractivity contribution in [2.45, 2.75) is 45.1 Å². The average Bonchev–Trinajstić information content (AvgIpc) is 3.01. The molecule has 0 aliphatic heterocycles. The minimum absolute atomic E-state index is 0.130. The lowest BCUT2D eigenvalue weighted by Gasteiger charge is -2.29. The molecule has 4 nitrogen and oxygen atoms in total. The normalized spacial score (nSPS) is 14.8. The van der Waals surface area contributed by atoms with Gasteiger partial charge in [0.2, 0.25) is 0 Å². The molecule has 2 rings (SSSR count). The van der Waals surface area contributed by atoms with Gasteiger partial charge in [0.1, 0.15) is 5.82 Å². The molecule has 0 bridgehead atoms. The predicted molar refractivity (Wildman–Crippen MR) is 80.9 cm³/mol. The standard InChI is InChI=1S/C17H22FNO3/c1-2-22-16(20)10-11-19(15-8-3-4-9-15)17(21)13-6-5-7-14(18)12-13/h5-7,12,15H,2-4,8-11H2,1H3. The highest BCUT2D eigenvalue weighted by molar-refractivity contribution is 5.94. The summed E-state index contributed by atoms with van der Waals surface area (Å²) in [7, 11) is 0. The number of esters is 1. The summed E-state index contributed by atoms with van der Waals surface area (Å²) in [6.07, 6.45) is 4.20. The number of halogens is 1. The summed E-state index contributed by atoms with van der Waals surface area (Å²) < 4.78 is 18.3. The smallest absolute Gasteiger partial charge is 0.307 e. The number of ether oxygens (including phenoxy) is 1. The molecule has 0 radical (unpaired) electrons. The van der Waals surface area contributed by atoms with E-state index in [4.69, 9.17) is 4.74 Å². The lowest BCUT2D eigenvalue weighted by Crippen LogP contribution is -2.40. The summed E-state index contributed by atoms with van der Waals surface area (Å²) >= 11 is 0. The summed E-state index contributed by atoms with van der Waals surface area (Å²) in [6, 6.07) is 5.83. The molecular formula is C17H22FNO3. The fraction of sp³-hybridized carbons (Fsp3) is 0.529. The van der Waals surface area contributed by atoms with Crippen molar-refractivity contribution < 1.29 is 18.7 Å². The van der Waals surface area contributed by atoms with Gasteiger partial charge in [0.15, 0.2) is 0 Å². The van der Waals surface area contributed by atoms with Gasteiger partial charge in [-0.3, -0.25) is 9.59 Å². The van der Waals surface area contributed by atoms with Crippen LogP contribution in [0.15, 0.2) is 24.3 Å². The van der Waals surface area contributed by atoms with E-state index in [9.17, 15) is 14.0 Å². The fourth-order valence-corrected chi connectivity index (χ4v) is 2.90. The third kappa shape index (κ3) is 4.29. The molecule has 1 aromatic rings. The van der Waals surface area contributed by atoms with Crippen LogP contribution in [-0.4, -0.2) is 36.0 Å². The molecular weight excluding hydrogens is 285 g/mol. The van der Waals surface area contributed by atoms with Gasteiger partial charge in [0, 0.05) is 18.2 Å². The fourth-order valence-electron chi connectivity index (χ4n) is 2.90. The van der Waals surface area contributed by atoms with Crippen molar-refractivity contribution in [1.29, 1.82) is 0 Å². The largest absolute Gasteiger partial charge is 0.466 e. The van der Waals surface area contributed by atoms with E-state index in [1.165, 1.54) is 18.2 Å². The summed E-state index contributed by atoms with van der Waals surface area (Å²) in [5.41, 5.74) is 0.329. The number of benzene rings is 1. The molecule has 120 valence electrons. The second kappa shape index (κ2) is 7.92. The number of amides is 1. The summed E-state index contributed by atoms with van der Waals surface area (Å²) in [5, 5.41) is 0. The second-order valence-corrected chi connectivity index (χ2v) is 5.50. The molecule has 1 aliphatic rings. The first-order valence-electron chi connectivity index (χ1n) is 7.84. The molecule has 1 aliphatic carbocycles. The molecule has 0 heterocycles. The Morgan fingerprint density at radius 2 is 2.05 bits per heavy atom. The highest BCUT2D eigenvalue weighted by atomic mass is 19.1. The molecule has 1 aromatic carbocycles. The Hall–Kier alpha value is -1.91. The van der Waals surface area contributed by atoms with Gasteiger partial charge in [-0.05, 0) is 38.0 Å². The van der Waals surface area contributed by atoms with E-state index < -0.39 is 5.82 Å². The third-order valence-electron chi connectivity index (χ3n) is 3.96. The number of rotatable bonds is 6. The first-order valence-corrected chi connectivity index (χ1v) is 7.84. The van der Waals surface area contributed by atoms with Crippen LogP contribution in [0.3, 0.4) is 0 Å². The van der Waals surface area contributed by atoms with Gasteiger partial charge in [-0.25, -0.2) is 4.39 Å². The number of hydrogen-bond acceptors (Lipinski definition) is 3. The van der Waals surface area contributed by atoms with Crippen LogP contribution < -0.4 is 0 Å². The van der Waals surface area contributed by atoms with Gasteiger partial charge >= 0.3 is 5.97 Å². The highest BCUT2D eigenvalue weighted by Gasteiger charge is 2.28. The van der Waals surface area contributed by atoms with Gasteiger partial charge in [-0.1, -0.05) is 18.9 Å². The molecule has 0 saturated heterocycles. The lowest BCUT2D eigenvalue weighted by molar-refractivity contribution is -0.143. The van der Waals surface area contributed by atoms with Crippen LogP contribution in [0.1, 0.15) is 49.4 Å². The van der Waals surface area contributed by atoms with E-state index in [1.54, 1.807) is 17.9 Å². The van der Waals surface area contributed by atoms with Gasteiger partial charge < -0.3 is 9.64 Å². The molecule has 5 heteroatoms. The Labute approximate surface area is 130 Å². The van der Waals surface area contributed by atoms with Crippen LogP contribution in [0, 0.1) is 5.82 Å². The zero-order valence-corrected chi connectivity index (χ0v) is 12.9. The Balaban J connectivity index is 2.09. The maximum Gasteiger partial charge on any atom is 0.307 e. The number of carbonyl (C=O) groups is 2. The van der Waals surface area contributed by atoms with Crippen molar-refractivity contribution in [3.05, 3.63) is 35.6 Å². The van der Waals surface area contributed by atoms with Crippen LogP contribution in [0.2, 0.25) is 0 Å². The van der Waals surface area contributed by atoms with Crippen molar-refractivity contribution in [3.63, 3.8) is 0 Å². The molecule has 0 spiro atoms. The van der Waals surface area contributed by atoms with E-state index in [-0.39, 0.29) is 24.3 Å². The highest BCUT2D eigenvalue weighted by Crippen LogP contribution is 2.25.